The smallest absolute Gasteiger partial charge is 0.324 e. The fraction of sp³-hybridized carbons (Fsp3) is 0.556. The first-order valence-corrected chi connectivity index (χ1v) is 11.1. The molecule has 1 saturated heterocycles. The van der Waals surface area contributed by atoms with E-state index in [9.17, 15) is 14.4 Å². The van der Waals surface area contributed by atoms with Gasteiger partial charge >= 0.3 is 6.03 Å². The summed E-state index contributed by atoms with van der Waals surface area (Å²) in [5, 5.41) is 3.94. The first-order valence-electron chi connectivity index (χ1n) is 9.25. The van der Waals surface area contributed by atoms with Crippen LogP contribution in [0.5, 0.6) is 0 Å². The van der Waals surface area contributed by atoms with Crippen molar-refractivity contribution in [1.29, 1.82) is 0 Å². The number of amides is 3. The number of fused-ring (bicyclic) bond motifs is 3. The molecule has 3 heterocycles. The Hall–Kier alpha value is -1.87. The fourth-order valence-electron chi connectivity index (χ4n) is 3.71. The van der Waals surface area contributed by atoms with Gasteiger partial charge in [0.15, 0.2) is 5.16 Å². The van der Waals surface area contributed by atoms with E-state index in [0.717, 1.165) is 29.5 Å². The lowest BCUT2D eigenvalue weighted by Gasteiger charge is -2.17. The van der Waals surface area contributed by atoms with Crippen molar-refractivity contribution < 1.29 is 9.59 Å². The van der Waals surface area contributed by atoms with Gasteiger partial charge in [0.05, 0.1) is 11.1 Å². The molecule has 0 saturated carbocycles. The molecule has 7 nitrogen and oxygen atoms in total. The molecule has 144 valence electrons. The van der Waals surface area contributed by atoms with E-state index < -0.39 is 0 Å². The van der Waals surface area contributed by atoms with Gasteiger partial charge in [-0.2, -0.15) is 0 Å². The van der Waals surface area contributed by atoms with E-state index in [4.69, 9.17) is 4.98 Å². The zero-order chi connectivity index (χ0) is 19.1. The summed E-state index contributed by atoms with van der Waals surface area (Å²) >= 11 is 2.85. The lowest BCUT2D eigenvalue weighted by Crippen LogP contribution is -2.35. The first kappa shape index (κ1) is 18.5. The van der Waals surface area contributed by atoms with E-state index >= 15 is 0 Å². The Kier molecular flexibility index (Phi) is 4.98. The molecule has 1 aliphatic carbocycles. The number of carbonyl (C=O) groups excluding carboxylic acids is 2. The zero-order valence-electron chi connectivity index (χ0n) is 15.4. The Bertz CT molecular complexity index is 981. The van der Waals surface area contributed by atoms with E-state index in [1.165, 1.54) is 27.1 Å². The molecule has 0 radical (unpaired) electrons. The van der Waals surface area contributed by atoms with Gasteiger partial charge in [0, 0.05) is 24.5 Å². The van der Waals surface area contributed by atoms with Crippen LogP contribution in [0.3, 0.4) is 0 Å². The Labute approximate surface area is 165 Å². The number of thiophene rings is 1. The van der Waals surface area contributed by atoms with Crippen molar-refractivity contribution in [3.8, 4) is 0 Å². The van der Waals surface area contributed by atoms with Gasteiger partial charge < -0.3 is 5.32 Å². The molecule has 1 unspecified atom stereocenters. The number of urea groups is 1. The van der Waals surface area contributed by atoms with Gasteiger partial charge in [-0.15, -0.1) is 11.3 Å². The Balaban J connectivity index is 1.65. The fourth-order valence-corrected chi connectivity index (χ4v) is 6.07. The third kappa shape index (κ3) is 3.27. The molecule has 2 aromatic rings. The lowest BCUT2D eigenvalue weighted by atomic mass is 9.89. The summed E-state index contributed by atoms with van der Waals surface area (Å²) in [5.41, 5.74) is 1.16. The third-order valence-corrected chi connectivity index (χ3v) is 7.29. The van der Waals surface area contributed by atoms with E-state index in [1.807, 2.05) is 6.92 Å². The van der Waals surface area contributed by atoms with Gasteiger partial charge in [0.2, 0.25) is 5.91 Å². The second kappa shape index (κ2) is 7.27. The summed E-state index contributed by atoms with van der Waals surface area (Å²) in [4.78, 5) is 45.0. The summed E-state index contributed by atoms with van der Waals surface area (Å²) in [5.74, 6) is 0.469. The molecule has 0 spiro atoms. The highest BCUT2D eigenvalue weighted by molar-refractivity contribution is 7.99. The molecule has 4 rings (SSSR count). The summed E-state index contributed by atoms with van der Waals surface area (Å²) in [6, 6.07) is -0.350. The molecule has 1 atom stereocenters. The van der Waals surface area contributed by atoms with Crippen LogP contribution in [-0.4, -0.2) is 45.2 Å². The number of imide groups is 1. The van der Waals surface area contributed by atoms with Crippen LogP contribution in [0.2, 0.25) is 0 Å². The number of hydrogen-bond donors (Lipinski definition) is 1. The molecule has 2 aromatic heterocycles. The van der Waals surface area contributed by atoms with Crippen LogP contribution in [0, 0.1) is 5.92 Å². The number of aromatic nitrogens is 2. The zero-order valence-corrected chi connectivity index (χ0v) is 17.0. The van der Waals surface area contributed by atoms with Crippen molar-refractivity contribution in [3.63, 3.8) is 0 Å². The van der Waals surface area contributed by atoms with Crippen molar-refractivity contribution >= 4 is 45.3 Å². The summed E-state index contributed by atoms with van der Waals surface area (Å²) in [7, 11) is 0. The first-order chi connectivity index (χ1) is 13.0. The van der Waals surface area contributed by atoms with Gasteiger partial charge in [-0.1, -0.05) is 18.7 Å². The van der Waals surface area contributed by atoms with Gasteiger partial charge in [-0.25, -0.2) is 9.78 Å². The van der Waals surface area contributed by atoms with Crippen LogP contribution in [0.1, 0.15) is 30.7 Å². The third-order valence-electron chi connectivity index (χ3n) is 5.18. The van der Waals surface area contributed by atoms with E-state index in [2.05, 4.69) is 12.2 Å². The molecule has 1 N–H and O–H groups in total. The van der Waals surface area contributed by atoms with E-state index in [0.29, 0.717) is 30.7 Å². The molecule has 0 bridgehead atoms. The van der Waals surface area contributed by atoms with Crippen LogP contribution in [0.15, 0.2) is 9.95 Å². The number of aryl methyl sites for hydroxylation is 1. The number of rotatable bonds is 4. The Morgan fingerprint density at radius 3 is 2.93 bits per heavy atom. The lowest BCUT2D eigenvalue weighted by molar-refractivity contribution is -0.124. The maximum Gasteiger partial charge on any atom is 0.324 e. The normalized spacial score (nSPS) is 19.4. The minimum Gasteiger partial charge on any atom is -0.336 e. The topological polar surface area (TPSA) is 84.3 Å². The summed E-state index contributed by atoms with van der Waals surface area (Å²) < 4.78 is 1.65. The predicted molar refractivity (Wildman–Crippen MR) is 107 cm³/mol. The monoisotopic (exact) mass is 406 g/mol. The largest absolute Gasteiger partial charge is 0.336 e. The Morgan fingerprint density at radius 2 is 2.22 bits per heavy atom. The number of hydrogen-bond acceptors (Lipinski definition) is 6. The van der Waals surface area contributed by atoms with Crippen molar-refractivity contribution in [2.24, 2.45) is 5.92 Å². The molecule has 1 aliphatic heterocycles. The molecule has 2 aliphatic rings. The standard InChI is InChI=1S/C18H22N4O3S2/c1-3-21-16(24)14-11-5-4-10(2)8-12(11)27-15(14)20-18(21)26-9-13(23)22-7-6-19-17(22)25/h10H,3-9H2,1-2H3,(H,19,25). The van der Waals surface area contributed by atoms with Crippen LogP contribution in [-0.2, 0) is 24.2 Å². The number of carbonyl (C=O) groups is 2. The maximum atomic E-state index is 13.1. The van der Waals surface area contributed by atoms with Gasteiger partial charge in [-0.05, 0) is 37.7 Å². The molecule has 9 heteroatoms. The molecule has 27 heavy (non-hydrogen) atoms. The second-order valence-corrected chi connectivity index (χ2v) is 9.07. The predicted octanol–water partition coefficient (Wildman–Crippen LogP) is 2.25. The van der Waals surface area contributed by atoms with Crippen molar-refractivity contribution in [2.45, 2.75) is 44.8 Å². The van der Waals surface area contributed by atoms with Gasteiger partial charge in [0.25, 0.3) is 5.56 Å². The SMILES string of the molecule is CCn1c(SCC(=O)N2CCNC2=O)nc2sc3c(c2c1=O)CCC(C)C3. The minimum atomic E-state index is -0.350. The van der Waals surface area contributed by atoms with Crippen molar-refractivity contribution in [2.75, 3.05) is 18.8 Å². The van der Waals surface area contributed by atoms with Crippen molar-refractivity contribution in [1.82, 2.24) is 19.8 Å². The molecule has 1 fully saturated rings. The quantitative estimate of drug-likeness (QED) is 0.622. The summed E-state index contributed by atoms with van der Waals surface area (Å²) in [6.07, 6.45) is 3.05. The van der Waals surface area contributed by atoms with Gasteiger partial charge in [0.1, 0.15) is 4.83 Å². The highest BCUT2D eigenvalue weighted by Crippen LogP contribution is 2.36. The Morgan fingerprint density at radius 1 is 1.41 bits per heavy atom. The number of nitrogens with zero attached hydrogens (tertiary/aromatic N) is 3. The van der Waals surface area contributed by atoms with Crippen LogP contribution in [0.25, 0.3) is 10.2 Å². The second-order valence-electron chi connectivity index (χ2n) is 7.04. The molecule has 3 amide bonds. The van der Waals surface area contributed by atoms with Crippen molar-refractivity contribution in [3.05, 3.63) is 20.8 Å². The highest BCUT2D eigenvalue weighted by atomic mass is 32.2. The summed E-state index contributed by atoms with van der Waals surface area (Å²) in [6.45, 7) is 5.53. The van der Waals surface area contributed by atoms with Crippen LogP contribution in [0.4, 0.5) is 4.79 Å². The average Bonchev–Trinajstić information content (AvgIpc) is 3.22. The number of nitrogens with one attached hydrogen (secondary N) is 1. The molecule has 0 aromatic carbocycles. The average molecular weight is 407 g/mol. The van der Waals surface area contributed by atoms with E-state index in [-0.39, 0.29) is 23.3 Å². The number of thioether (sulfide) groups is 1. The van der Waals surface area contributed by atoms with E-state index in [1.54, 1.807) is 15.9 Å². The minimum absolute atomic E-state index is 0.0107. The van der Waals surface area contributed by atoms with Gasteiger partial charge in [-0.3, -0.25) is 19.1 Å². The van der Waals surface area contributed by atoms with Crippen LogP contribution >= 0.6 is 23.1 Å². The molecular formula is C18H22N4O3S2. The maximum absolute atomic E-state index is 13.1. The van der Waals surface area contributed by atoms with Crippen LogP contribution < -0.4 is 10.9 Å². The highest BCUT2D eigenvalue weighted by Gasteiger charge is 2.27. The molecular weight excluding hydrogens is 384 g/mol.